The summed E-state index contributed by atoms with van der Waals surface area (Å²) in [5.41, 5.74) is 12.4. The number of hydrogen-bond donors (Lipinski definition) is 2. The molecule has 4 aromatic carbocycles. The fraction of sp³-hybridized carbons (Fsp3) is 0.171. The van der Waals surface area contributed by atoms with Gasteiger partial charge in [0.15, 0.2) is 0 Å². The molecule has 0 radical (unpaired) electrons. The zero-order chi connectivity index (χ0) is 28.9. The maximum atomic E-state index is 12.8. The summed E-state index contributed by atoms with van der Waals surface area (Å²) in [7, 11) is 0. The molecule has 1 amide bonds. The van der Waals surface area contributed by atoms with Crippen LogP contribution in [0.15, 0.2) is 103 Å². The van der Waals surface area contributed by atoms with E-state index >= 15 is 0 Å². The Morgan fingerprint density at radius 3 is 2.19 bits per heavy atom. The van der Waals surface area contributed by atoms with Gasteiger partial charge in [-0.1, -0.05) is 84.9 Å². The number of anilines is 2. The number of carbonyl (C=O) groups is 1. The third-order valence-corrected chi connectivity index (χ3v) is 7.82. The second kappa shape index (κ2) is 12.1. The van der Waals surface area contributed by atoms with Crippen LogP contribution in [0.5, 0.6) is 0 Å². The summed E-state index contributed by atoms with van der Waals surface area (Å²) in [5.74, 6) is -0.549. The lowest BCUT2D eigenvalue weighted by Gasteiger charge is -2.37. The molecule has 0 spiro atoms. The van der Waals surface area contributed by atoms with Crippen molar-refractivity contribution in [3.05, 3.63) is 125 Å². The minimum Gasteiger partial charge on any atom is -0.379 e. The highest BCUT2D eigenvalue weighted by Gasteiger charge is 2.27. The average molecular weight is 553 g/mol. The highest BCUT2D eigenvalue weighted by molar-refractivity contribution is 6.06. The number of benzene rings is 4. The Morgan fingerprint density at radius 2 is 1.50 bits per heavy atom. The molecule has 42 heavy (non-hydrogen) atoms. The van der Waals surface area contributed by atoms with Crippen LogP contribution in [-0.4, -0.2) is 42.0 Å². The molecule has 0 bridgehead atoms. The van der Waals surface area contributed by atoms with Crippen LogP contribution in [-0.2, 0) is 13.1 Å². The third-order valence-electron chi connectivity index (χ3n) is 7.82. The van der Waals surface area contributed by atoms with Crippen LogP contribution in [0.4, 0.5) is 11.4 Å². The van der Waals surface area contributed by atoms with E-state index in [-0.39, 0.29) is 0 Å². The fourth-order valence-electron chi connectivity index (χ4n) is 5.72. The number of nitriles is 1. The minimum atomic E-state index is -0.549. The summed E-state index contributed by atoms with van der Waals surface area (Å²) in [4.78, 5) is 22.5. The lowest BCUT2D eigenvalue weighted by molar-refractivity contribution is 0.100. The van der Waals surface area contributed by atoms with Gasteiger partial charge in [-0.15, -0.1) is 0 Å². The first-order chi connectivity index (χ1) is 20.6. The number of rotatable bonds is 8. The molecule has 2 heterocycles. The molecule has 7 nitrogen and oxygen atoms in total. The molecule has 208 valence electrons. The summed E-state index contributed by atoms with van der Waals surface area (Å²) >= 11 is 0. The molecular formula is C35H32N6O. The molecule has 7 heteroatoms. The Kier molecular flexibility index (Phi) is 7.80. The van der Waals surface area contributed by atoms with Gasteiger partial charge in [0, 0.05) is 55.9 Å². The molecule has 6 rings (SSSR count). The molecule has 0 atom stereocenters. The van der Waals surface area contributed by atoms with E-state index in [0.29, 0.717) is 34.6 Å². The van der Waals surface area contributed by atoms with Crippen molar-refractivity contribution < 1.29 is 4.79 Å². The average Bonchev–Trinajstić information content (AvgIpc) is 3.04. The van der Waals surface area contributed by atoms with E-state index in [1.807, 2.05) is 72.8 Å². The molecular weight excluding hydrogens is 520 g/mol. The van der Waals surface area contributed by atoms with Crippen LogP contribution in [0.3, 0.4) is 0 Å². The molecule has 0 aliphatic carbocycles. The zero-order valence-corrected chi connectivity index (χ0v) is 23.3. The molecule has 5 aromatic rings. The number of pyridine rings is 1. The van der Waals surface area contributed by atoms with E-state index in [1.54, 1.807) is 6.07 Å². The number of nitrogens with two attached hydrogens (primary N) is 1. The number of piperazine rings is 1. The van der Waals surface area contributed by atoms with Crippen molar-refractivity contribution in [3.8, 4) is 17.3 Å². The van der Waals surface area contributed by atoms with E-state index in [0.717, 1.165) is 54.9 Å². The molecule has 0 saturated carbocycles. The van der Waals surface area contributed by atoms with Gasteiger partial charge in [0.05, 0.1) is 22.5 Å². The summed E-state index contributed by atoms with van der Waals surface area (Å²) in [6.45, 7) is 4.72. The maximum Gasteiger partial charge on any atom is 0.249 e. The van der Waals surface area contributed by atoms with Gasteiger partial charge < -0.3 is 16.0 Å². The Hall–Kier alpha value is -5.19. The van der Waals surface area contributed by atoms with E-state index in [1.165, 1.54) is 5.56 Å². The van der Waals surface area contributed by atoms with E-state index < -0.39 is 5.91 Å². The van der Waals surface area contributed by atoms with Crippen molar-refractivity contribution in [2.75, 3.05) is 36.4 Å². The second-order valence-corrected chi connectivity index (χ2v) is 10.5. The van der Waals surface area contributed by atoms with Gasteiger partial charge in [0.1, 0.15) is 11.6 Å². The number of para-hydroxylation sites is 1. The highest BCUT2D eigenvalue weighted by Crippen LogP contribution is 2.40. The maximum absolute atomic E-state index is 12.8. The number of hydrogen-bond acceptors (Lipinski definition) is 6. The summed E-state index contributed by atoms with van der Waals surface area (Å²) in [6, 6.07) is 36.3. The second-order valence-electron chi connectivity index (χ2n) is 10.5. The fourth-order valence-corrected chi connectivity index (χ4v) is 5.72. The van der Waals surface area contributed by atoms with Gasteiger partial charge in [-0.3, -0.25) is 9.69 Å². The first kappa shape index (κ1) is 27.0. The van der Waals surface area contributed by atoms with Crippen molar-refractivity contribution in [1.82, 2.24) is 9.88 Å². The monoisotopic (exact) mass is 552 g/mol. The molecule has 1 fully saturated rings. The normalized spacial score (nSPS) is 13.5. The van der Waals surface area contributed by atoms with Crippen LogP contribution >= 0.6 is 0 Å². The predicted octanol–water partition coefficient (Wildman–Crippen LogP) is 5.81. The third kappa shape index (κ3) is 5.53. The van der Waals surface area contributed by atoms with Gasteiger partial charge in [-0.2, -0.15) is 5.26 Å². The van der Waals surface area contributed by atoms with Crippen molar-refractivity contribution in [2.24, 2.45) is 5.73 Å². The van der Waals surface area contributed by atoms with Crippen molar-refractivity contribution in [1.29, 1.82) is 5.26 Å². The lowest BCUT2D eigenvalue weighted by atomic mass is 9.94. The predicted molar refractivity (Wildman–Crippen MR) is 168 cm³/mol. The number of amides is 1. The summed E-state index contributed by atoms with van der Waals surface area (Å²) in [5, 5.41) is 14.9. The molecule has 1 saturated heterocycles. The quantitative estimate of drug-likeness (QED) is 0.252. The smallest absolute Gasteiger partial charge is 0.249 e. The molecule has 0 unspecified atom stereocenters. The van der Waals surface area contributed by atoms with Crippen molar-refractivity contribution >= 4 is 28.2 Å². The molecule has 3 N–H and O–H groups in total. The first-order valence-corrected chi connectivity index (χ1v) is 14.2. The van der Waals surface area contributed by atoms with Gasteiger partial charge in [-0.05, 0) is 29.3 Å². The molecule has 1 aliphatic rings. The van der Waals surface area contributed by atoms with Gasteiger partial charge in [0.25, 0.3) is 0 Å². The van der Waals surface area contributed by atoms with Gasteiger partial charge in [0.2, 0.25) is 5.91 Å². The van der Waals surface area contributed by atoms with Crippen LogP contribution in [0.2, 0.25) is 0 Å². The largest absolute Gasteiger partial charge is 0.379 e. The number of fused-ring (bicyclic) bond motifs is 1. The van der Waals surface area contributed by atoms with Crippen molar-refractivity contribution in [2.45, 2.75) is 13.1 Å². The summed E-state index contributed by atoms with van der Waals surface area (Å²) in [6.07, 6.45) is 0. The Morgan fingerprint density at radius 1 is 0.833 bits per heavy atom. The van der Waals surface area contributed by atoms with Crippen LogP contribution in [0.25, 0.3) is 22.2 Å². The Labute approximate surface area is 245 Å². The standard InChI is InChI=1S/C35H32N6O/c36-22-29-33(38-23-25-10-3-1-4-11-25)27-14-7-8-16-30(27)39-34(29)32-28(35(37)42)15-9-17-31(32)41-20-18-40(19-21-41)24-26-12-5-2-6-13-26/h1-17H,18-21,23-24H2,(H2,37,42)(H,38,39). The van der Waals surface area contributed by atoms with Crippen LogP contribution in [0.1, 0.15) is 27.0 Å². The summed E-state index contributed by atoms with van der Waals surface area (Å²) < 4.78 is 0. The number of nitrogens with zero attached hydrogens (tertiary/aromatic N) is 4. The molecule has 1 aromatic heterocycles. The number of primary amides is 1. The van der Waals surface area contributed by atoms with E-state index in [2.05, 4.69) is 45.5 Å². The van der Waals surface area contributed by atoms with Crippen LogP contribution < -0.4 is 16.0 Å². The van der Waals surface area contributed by atoms with Gasteiger partial charge >= 0.3 is 0 Å². The van der Waals surface area contributed by atoms with Gasteiger partial charge in [-0.25, -0.2) is 4.98 Å². The topological polar surface area (TPSA) is 98.3 Å². The number of carbonyl (C=O) groups excluding carboxylic acids is 1. The Bertz CT molecular complexity index is 1760. The molecule has 1 aliphatic heterocycles. The van der Waals surface area contributed by atoms with Crippen LogP contribution in [0, 0.1) is 11.3 Å². The van der Waals surface area contributed by atoms with Crippen molar-refractivity contribution in [3.63, 3.8) is 0 Å². The lowest BCUT2D eigenvalue weighted by Crippen LogP contribution is -2.46. The Balaban J connectivity index is 1.41. The number of nitrogens with one attached hydrogen (secondary N) is 1. The SMILES string of the molecule is N#Cc1c(-c2c(C(N)=O)cccc2N2CCN(Cc3ccccc3)CC2)nc2ccccc2c1NCc1ccccc1. The number of aromatic nitrogens is 1. The first-order valence-electron chi connectivity index (χ1n) is 14.2. The van der Waals surface area contributed by atoms with E-state index in [4.69, 9.17) is 10.7 Å². The highest BCUT2D eigenvalue weighted by atomic mass is 16.1. The van der Waals surface area contributed by atoms with E-state index in [9.17, 15) is 10.1 Å². The zero-order valence-electron chi connectivity index (χ0n) is 23.3. The minimum absolute atomic E-state index is 0.354.